The molecule has 1 N–H and O–H groups in total. The molecule has 9 heteroatoms. The fourth-order valence-corrected chi connectivity index (χ4v) is 4.52. The number of halogens is 2. The van der Waals surface area contributed by atoms with E-state index in [0.29, 0.717) is 0 Å². The predicted molar refractivity (Wildman–Crippen MR) is 77.6 cm³/mol. The van der Waals surface area contributed by atoms with Gasteiger partial charge in [0, 0.05) is 12.6 Å². The van der Waals surface area contributed by atoms with E-state index in [9.17, 15) is 13.2 Å². The summed E-state index contributed by atoms with van der Waals surface area (Å²) in [6.45, 7) is 2.44. The van der Waals surface area contributed by atoms with Crippen molar-refractivity contribution in [1.29, 1.82) is 0 Å². The average Bonchev–Trinajstić information content (AvgIpc) is 2.38. The molecule has 1 saturated heterocycles. The molecule has 1 fully saturated rings. The molecule has 1 unspecified atom stereocenters. The van der Waals surface area contributed by atoms with Crippen LogP contribution in [0.3, 0.4) is 0 Å². The Bertz CT molecular complexity index is 676. The molecule has 0 saturated carbocycles. The summed E-state index contributed by atoms with van der Waals surface area (Å²) in [6.07, 6.45) is 0. The Labute approximate surface area is 132 Å². The number of aromatic carboxylic acids is 1. The molecule has 1 aliphatic heterocycles. The number of hydrogen-bond acceptors (Lipinski definition) is 4. The van der Waals surface area contributed by atoms with Crippen molar-refractivity contribution in [3.05, 3.63) is 27.7 Å². The minimum Gasteiger partial charge on any atom is -0.478 e. The van der Waals surface area contributed by atoms with Crippen LogP contribution >= 0.6 is 23.2 Å². The Morgan fingerprint density at radius 1 is 1.38 bits per heavy atom. The lowest BCUT2D eigenvalue weighted by molar-refractivity contribution is 0.0392. The van der Waals surface area contributed by atoms with Gasteiger partial charge in [-0.2, -0.15) is 4.31 Å². The van der Waals surface area contributed by atoms with Crippen molar-refractivity contribution < 1.29 is 23.1 Å². The first-order valence-corrected chi connectivity index (χ1v) is 8.26. The van der Waals surface area contributed by atoms with Crippen molar-refractivity contribution in [2.75, 3.05) is 19.8 Å². The summed E-state index contributed by atoms with van der Waals surface area (Å²) in [7, 11) is -3.92. The number of carboxylic acid groups (broad SMARTS) is 1. The number of hydrogen-bond donors (Lipinski definition) is 1. The maximum absolute atomic E-state index is 12.7. The minimum absolute atomic E-state index is 0.108. The van der Waals surface area contributed by atoms with E-state index in [4.69, 9.17) is 33.0 Å². The molecule has 1 atom stereocenters. The standard InChI is InChI=1S/C12H13Cl2NO5S/c1-7-6-20-3-2-15(7)21(18,19)11-4-8(12(16)17)9(13)5-10(11)14/h4-5,7H,2-3,6H2,1H3,(H,16,17). The molecular weight excluding hydrogens is 341 g/mol. The topological polar surface area (TPSA) is 83.9 Å². The molecule has 0 bridgehead atoms. The second-order valence-electron chi connectivity index (χ2n) is 4.61. The van der Waals surface area contributed by atoms with Crippen LogP contribution in [0.2, 0.25) is 10.0 Å². The van der Waals surface area contributed by atoms with Gasteiger partial charge in [-0.15, -0.1) is 0 Å². The lowest BCUT2D eigenvalue weighted by Gasteiger charge is -2.32. The predicted octanol–water partition coefficient (Wildman–Crippen LogP) is 2.10. The highest BCUT2D eigenvalue weighted by Crippen LogP contribution is 2.31. The molecule has 0 spiro atoms. The number of rotatable bonds is 3. The second-order valence-corrected chi connectivity index (χ2v) is 7.28. The number of carbonyl (C=O) groups is 1. The third kappa shape index (κ3) is 3.17. The van der Waals surface area contributed by atoms with Gasteiger partial charge in [-0.05, 0) is 19.1 Å². The van der Waals surface area contributed by atoms with E-state index < -0.39 is 16.0 Å². The van der Waals surface area contributed by atoms with Crippen molar-refractivity contribution in [2.45, 2.75) is 17.9 Å². The van der Waals surface area contributed by atoms with Gasteiger partial charge >= 0.3 is 5.97 Å². The maximum Gasteiger partial charge on any atom is 0.337 e. The van der Waals surface area contributed by atoms with Crippen LogP contribution in [0.25, 0.3) is 0 Å². The molecule has 0 radical (unpaired) electrons. The highest BCUT2D eigenvalue weighted by Gasteiger charge is 2.33. The smallest absolute Gasteiger partial charge is 0.337 e. The highest BCUT2D eigenvalue weighted by molar-refractivity contribution is 7.89. The van der Waals surface area contributed by atoms with E-state index >= 15 is 0 Å². The van der Waals surface area contributed by atoms with E-state index in [2.05, 4.69) is 0 Å². The number of morpholine rings is 1. The molecule has 116 valence electrons. The number of sulfonamides is 1. The first kappa shape index (κ1) is 16.5. The zero-order valence-corrected chi connectivity index (χ0v) is 13.4. The molecule has 0 aliphatic carbocycles. The first-order chi connectivity index (χ1) is 9.75. The van der Waals surface area contributed by atoms with Gasteiger partial charge in [0.15, 0.2) is 0 Å². The zero-order chi connectivity index (χ0) is 15.8. The number of benzene rings is 1. The summed E-state index contributed by atoms with van der Waals surface area (Å²) in [5.41, 5.74) is -0.305. The molecular formula is C12H13Cl2NO5S. The highest BCUT2D eigenvalue weighted by atomic mass is 35.5. The third-order valence-corrected chi connectivity index (χ3v) is 5.94. The minimum atomic E-state index is -3.92. The van der Waals surface area contributed by atoms with E-state index in [1.807, 2.05) is 0 Å². The molecule has 0 amide bonds. The van der Waals surface area contributed by atoms with Gasteiger partial charge in [-0.1, -0.05) is 23.2 Å². The lowest BCUT2D eigenvalue weighted by Crippen LogP contribution is -2.47. The lowest BCUT2D eigenvalue weighted by atomic mass is 10.2. The fourth-order valence-electron chi connectivity index (χ4n) is 2.09. The van der Waals surface area contributed by atoms with E-state index in [1.54, 1.807) is 6.92 Å². The van der Waals surface area contributed by atoms with E-state index in [-0.39, 0.29) is 46.3 Å². The Morgan fingerprint density at radius 3 is 2.62 bits per heavy atom. The summed E-state index contributed by atoms with van der Waals surface area (Å²) < 4.78 is 31.8. The summed E-state index contributed by atoms with van der Waals surface area (Å²) in [6, 6.07) is 1.76. The van der Waals surface area contributed by atoms with Crippen LogP contribution in [0.1, 0.15) is 17.3 Å². The molecule has 2 rings (SSSR count). The Balaban J connectivity index is 2.54. The van der Waals surface area contributed by atoms with Crippen LogP contribution in [0.5, 0.6) is 0 Å². The van der Waals surface area contributed by atoms with Crippen molar-refractivity contribution in [1.82, 2.24) is 4.31 Å². The van der Waals surface area contributed by atoms with Crippen molar-refractivity contribution in [3.8, 4) is 0 Å². The summed E-state index contributed by atoms with van der Waals surface area (Å²) in [4.78, 5) is 10.8. The molecule has 0 aromatic heterocycles. The third-order valence-electron chi connectivity index (χ3n) is 3.15. The largest absolute Gasteiger partial charge is 0.478 e. The van der Waals surface area contributed by atoms with Gasteiger partial charge in [0.05, 0.1) is 28.8 Å². The van der Waals surface area contributed by atoms with E-state index in [1.165, 1.54) is 4.31 Å². The summed E-state index contributed by atoms with van der Waals surface area (Å²) in [5.74, 6) is -1.32. The molecule has 1 aliphatic rings. The Morgan fingerprint density at radius 2 is 2.05 bits per heavy atom. The van der Waals surface area contributed by atoms with Crippen LogP contribution in [0.4, 0.5) is 0 Å². The fraction of sp³-hybridized carbons (Fsp3) is 0.417. The maximum atomic E-state index is 12.7. The first-order valence-electron chi connectivity index (χ1n) is 6.07. The number of ether oxygens (including phenoxy) is 1. The molecule has 1 aromatic rings. The van der Waals surface area contributed by atoms with Gasteiger partial charge in [0.25, 0.3) is 0 Å². The number of nitrogens with zero attached hydrogens (tertiary/aromatic N) is 1. The van der Waals surface area contributed by atoms with Gasteiger partial charge in [-0.3, -0.25) is 0 Å². The molecule has 21 heavy (non-hydrogen) atoms. The van der Waals surface area contributed by atoms with Crippen LogP contribution in [0.15, 0.2) is 17.0 Å². The van der Waals surface area contributed by atoms with E-state index in [0.717, 1.165) is 12.1 Å². The van der Waals surface area contributed by atoms with Crippen molar-refractivity contribution >= 4 is 39.2 Å². The average molecular weight is 354 g/mol. The Kier molecular flexibility index (Phi) is 4.79. The van der Waals surface area contributed by atoms with Gasteiger partial charge in [0.1, 0.15) is 4.90 Å². The van der Waals surface area contributed by atoms with Gasteiger partial charge in [-0.25, -0.2) is 13.2 Å². The summed E-state index contributed by atoms with van der Waals surface area (Å²) in [5, 5.41) is 8.84. The number of carboxylic acids is 1. The quantitative estimate of drug-likeness (QED) is 0.899. The molecule has 1 aromatic carbocycles. The van der Waals surface area contributed by atoms with Crippen LogP contribution in [-0.4, -0.2) is 49.6 Å². The summed E-state index contributed by atoms with van der Waals surface area (Å²) >= 11 is 11.7. The SMILES string of the molecule is CC1COCCN1S(=O)(=O)c1cc(C(=O)O)c(Cl)cc1Cl. The molecule has 6 nitrogen and oxygen atoms in total. The van der Waals surface area contributed by atoms with Gasteiger partial charge < -0.3 is 9.84 Å². The van der Waals surface area contributed by atoms with Crippen molar-refractivity contribution in [2.24, 2.45) is 0 Å². The van der Waals surface area contributed by atoms with Crippen LogP contribution in [0, 0.1) is 0 Å². The van der Waals surface area contributed by atoms with Crippen LogP contribution < -0.4 is 0 Å². The monoisotopic (exact) mass is 353 g/mol. The molecule has 1 heterocycles. The normalized spacial score (nSPS) is 20.4. The zero-order valence-electron chi connectivity index (χ0n) is 11.0. The van der Waals surface area contributed by atoms with Crippen LogP contribution in [-0.2, 0) is 14.8 Å². The Hall–Kier alpha value is -0.860. The second kappa shape index (κ2) is 6.10. The van der Waals surface area contributed by atoms with Crippen molar-refractivity contribution in [3.63, 3.8) is 0 Å². The van der Waals surface area contributed by atoms with Gasteiger partial charge in [0.2, 0.25) is 10.0 Å².